The molecule has 0 aromatic carbocycles. The van der Waals surface area contributed by atoms with E-state index < -0.39 is 0 Å². The number of rotatable bonds is 2. The van der Waals surface area contributed by atoms with Gasteiger partial charge in [0.15, 0.2) is 0 Å². The first-order chi connectivity index (χ1) is 11.3. The molecular weight excluding hydrogens is 310 g/mol. The van der Waals surface area contributed by atoms with Gasteiger partial charge in [-0.25, -0.2) is 9.97 Å². The second-order valence-corrected chi connectivity index (χ2v) is 7.07. The van der Waals surface area contributed by atoms with Crippen LogP contribution in [0.5, 0.6) is 0 Å². The van der Waals surface area contributed by atoms with Crippen molar-refractivity contribution in [1.29, 1.82) is 0 Å². The van der Waals surface area contributed by atoms with Crippen LogP contribution >= 0.6 is 11.3 Å². The second kappa shape index (κ2) is 6.41. The number of thiophene rings is 1. The molecule has 2 aliphatic rings. The van der Waals surface area contributed by atoms with Gasteiger partial charge in [0, 0.05) is 32.1 Å². The van der Waals surface area contributed by atoms with Gasteiger partial charge in [-0.2, -0.15) is 0 Å². The molecule has 1 N–H and O–H groups in total. The number of carbonyl (C=O) groups excluding carboxylic acids is 1. The van der Waals surface area contributed by atoms with E-state index in [-0.39, 0.29) is 5.92 Å². The standard InChI is InChI=1S/C16H21N5OS/c22-16(12-1-4-17-5-2-12)21-8-6-20(7-9-21)14-13-3-10-23-15(13)19-11-18-14/h3,10-12,17H,1-2,4-9H2. The molecule has 0 aliphatic carbocycles. The molecule has 2 fully saturated rings. The van der Waals surface area contributed by atoms with Crippen molar-refractivity contribution in [2.45, 2.75) is 12.8 Å². The van der Waals surface area contributed by atoms with Gasteiger partial charge in [-0.1, -0.05) is 0 Å². The van der Waals surface area contributed by atoms with Gasteiger partial charge in [0.2, 0.25) is 5.91 Å². The minimum atomic E-state index is 0.213. The van der Waals surface area contributed by atoms with Crippen molar-refractivity contribution < 1.29 is 4.79 Å². The van der Waals surface area contributed by atoms with Crippen LogP contribution in [0.1, 0.15) is 12.8 Å². The Bertz CT molecular complexity index is 689. The molecular formula is C16H21N5OS. The normalized spacial score (nSPS) is 20.2. The number of fused-ring (bicyclic) bond motifs is 1. The fourth-order valence-corrected chi connectivity index (χ4v) is 4.22. The van der Waals surface area contributed by atoms with Crippen molar-refractivity contribution in [2.24, 2.45) is 5.92 Å². The van der Waals surface area contributed by atoms with Gasteiger partial charge in [0.1, 0.15) is 17.0 Å². The van der Waals surface area contributed by atoms with E-state index in [1.54, 1.807) is 17.7 Å². The first-order valence-corrected chi connectivity index (χ1v) is 9.13. The molecule has 122 valence electrons. The predicted octanol–water partition coefficient (Wildman–Crippen LogP) is 1.34. The molecule has 0 bridgehead atoms. The van der Waals surface area contributed by atoms with Gasteiger partial charge in [0.05, 0.1) is 5.39 Å². The first kappa shape index (κ1) is 14.8. The topological polar surface area (TPSA) is 61.4 Å². The van der Waals surface area contributed by atoms with E-state index in [1.165, 1.54) is 0 Å². The van der Waals surface area contributed by atoms with E-state index in [2.05, 4.69) is 31.6 Å². The highest BCUT2D eigenvalue weighted by atomic mass is 32.1. The lowest BCUT2D eigenvalue weighted by atomic mass is 9.96. The maximum absolute atomic E-state index is 12.6. The van der Waals surface area contributed by atoms with Crippen LogP contribution in [0.4, 0.5) is 5.82 Å². The van der Waals surface area contributed by atoms with Crippen LogP contribution in [0.3, 0.4) is 0 Å². The molecule has 23 heavy (non-hydrogen) atoms. The second-order valence-electron chi connectivity index (χ2n) is 6.17. The summed E-state index contributed by atoms with van der Waals surface area (Å²) in [4.78, 5) is 26.8. The van der Waals surface area contributed by atoms with Gasteiger partial charge in [-0.3, -0.25) is 4.79 Å². The third kappa shape index (κ3) is 2.90. The van der Waals surface area contributed by atoms with Crippen LogP contribution < -0.4 is 10.2 Å². The highest BCUT2D eigenvalue weighted by molar-refractivity contribution is 7.16. The average molecular weight is 331 g/mol. The smallest absolute Gasteiger partial charge is 0.225 e. The van der Waals surface area contributed by atoms with Gasteiger partial charge < -0.3 is 15.1 Å². The summed E-state index contributed by atoms with van der Waals surface area (Å²) in [5, 5.41) is 6.50. The minimum Gasteiger partial charge on any atom is -0.352 e. The van der Waals surface area contributed by atoms with E-state index >= 15 is 0 Å². The summed E-state index contributed by atoms with van der Waals surface area (Å²) in [6, 6.07) is 2.09. The molecule has 4 heterocycles. The number of nitrogens with one attached hydrogen (secondary N) is 1. The Morgan fingerprint density at radius 3 is 2.74 bits per heavy atom. The number of carbonyl (C=O) groups is 1. The van der Waals surface area contributed by atoms with Crippen molar-refractivity contribution in [3.63, 3.8) is 0 Å². The first-order valence-electron chi connectivity index (χ1n) is 8.25. The molecule has 2 saturated heterocycles. The zero-order valence-electron chi connectivity index (χ0n) is 13.1. The Hall–Kier alpha value is -1.73. The fourth-order valence-electron chi connectivity index (χ4n) is 3.49. The lowest BCUT2D eigenvalue weighted by Crippen LogP contribution is -2.51. The molecule has 0 radical (unpaired) electrons. The van der Waals surface area contributed by atoms with Crippen molar-refractivity contribution in [3.8, 4) is 0 Å². The van der Waals surface area contributed by atoms with E-state index in [1.807, 2.05) is 4.90 Å². The highest BCUT2D eigenvalue weighted by Gasteiger charge is 2.29. The lowest BCUT2D eigenvalue weighted by Gasteiger charge is -2.37. The van der Waals surface area contributed by atoms with Crippen molar-refractivity contribution >= 4 is 33.3 Å². The molecule has 2 aromatic heterocycles. The maximum Gasteiger partial charge on any atom is 0.225 e. The molecule has 0 unspecified atom stereocenters. The summed E-state index contributed by atoms with van der Waals surface area (Å²) in [5.41, 5.74) is 0. The number of piperazine rings is 1. The van der Waals surface area contributed by atoms with Crippen LogP contribution in [0.25, 0.3) is 10.2 Å². The Morgan fingerprint density at radius 1 is 1.17 bits per heavy atom. The monoisotopic (exact) mass is 331 g/mol. The quantitative estimate of drug-likeness (QED) is 0.900. The summed E-state index contributed by atoms with van der Waals surface area (Å²) in [6.45, 7) is 5.20. The predicted molar refractivity (Wildman–Crippen MR) is 91.8 cm³/mol. The molecule has 2 aliphatic heterocycles. The van der Waals surface area contributed by atoms with E-state index in [0.29, 0.717) is 5.91 Å². The molecule has 1 amide bonds. The molecule has 0 spiro atoms. The average Bonchev–Trinajstić information content (AvgIpc) is 3.11. The third-order valence-electron chi connectivity index (χ3n) is 4.82. The maximum atomic E-state index is 12.6. The zero-order chi connectivity index (χ0) is 15.6. The van der Waals surface area contributed by atoms with Crippen LogP contribution in [0.15, 0.2) is 17.8 Å². The minimum absolute atomic E-state index is 0.213. The Morgan fingerprint density at radius 2 is 1.96 bits per heavy atom. The van der Waals surface area contributed by atoms with Crippen molar-refractivity contribution in [1.82, 2.24) is 20.2 Å². The van der Waals surface area contributed by atoms with Crippen molar-refractivity contribution in [2.75, 3.05) is 44.2 Å². The van der Waals surface area contributed by atoms with Gasteiger partial charge in [-0.05, 0) is 37.4 Å². The summed E-state index contributed by atoms with van der Waals surface area (Å²) in [7, 11) is 0. The highest BCUT2D eigenvalue weighted by Crippen LogP contribution is 2.27. The summed E-state index contributed by atoms with van der Waals surface area (Å²) in [6.07, 6.45) is 3.59. The Kier molecular flexibility index (Phi) is 4.13. The van der Waals surface area contributed by atoms with Crippen molar-refractivity contribution in [3.05, 3.63) is 17.8 Å². The lowest BCUT2D eigenvalue weighted by molar-refractivity contribution is -0.136. The summed E-state index contributed by atoms with van der Waals surface area (Å²) in [5.74, 6) is 1.56. The number of piperidine rings is 1. The molecule has 2 aromatic rings. The largest absolute Gasteiger partial charge is 0.352 e. The van der Waals surface area contributed by atoms with Gasteiger partial charge in [-0.15, -0.1) is 11.3 Å². The zero-order valence-corrected chi connectivity index (χ0v) is 13.9. The number of hydrogen-bond acceptors (Lipinski definition) is 6. The SMILES string of the molecule is O=C(C1CCNCC1)N1CCN(c2ncnc3sccc23)CC1. The van der Waals surface area contributed by atoms with Gasteiger partial charge in [0.25, 0.3) is 0 Å². The Labute approximate surface area is 139 Å². The number of aromatic nitrogens is 2. The molecule has 0 atom stereocenters. The van der Waals surface area contributed by atoms with Crippen LogP contribution in [-0.4, -0.2) is 60.0 Å². The number of anilines is 1. The van der Waals surface area contributed by atoms with Crippen LogP contribution in [0, 0.1) is 5.92 Å². The van der Waals surface area contributed by atoms with Gasteiger partial charge >= 0.3 is 0 Å². The van der Waals surface area contributed by atoms with E-state index in [0.717, 1.165) is 68.1 Å². The summed E-state index contributed by atoms with van der Waals surface area (Å²) >= 11 is 1.64. The molecule has 4 rings (SSSR count). The molecule has 6 nitrogen and oxygen atoms in total. The number of hydrogen-bond donors (Lipinski definition) is 1. The van der Waals surface area contributed by atoms with E-state index in [4.69, 9.17) is 0 Å². The number of amides is 1. The van der Waals surface area contributed by atoms with Crippen LogP contribution in [0.2, 0.25) is 0 Å². The molecule has 7 heteroatoms. The Balaban J connectivity index is 1.42. The fraction of sp³-hybridized carbons (Fsp3) is 0.562. The van der Waals surface area contributed by atoms with E-state index in [9.17, 15) is 4.79 Å². The summed E-state index contributed by atoms with van der Waals surface area (Å²) < 4.78 is 0. The third-order valence-corrected chi connectivity index (χ3v) is 5.64. The van der Waals surface area contributed by atoms with Crippen LogP contribution in [-0.2, 0) is 4.79 Å². The number of nitrogens with zero attached hydrogens (tertiary/aromatic N) is 4. The molecule has 0 saturated carbocycles.